The van der Waals surface area contributed by atoms with Gasteiger partial charge in [-0.25, -0.2) is 0 Å². The molecule has 0 spiro atoms. The van der Waals surface area contributed by atoms with Crippen molar-refractivity contribution in [2.45, 2.75) is 26.4 Å². The molecular formula is C13H14Cl2N2S. The molecule has 96 valence electrons. The van der Waals surface area contributed by atoms with Crippen LogP contribution in [0.4, 0.5) is 0 Å². The van der Waals surface area contributed by atoms with Crippen LogP contribution in [-0.4, -0.2) is 10.4 Å². The van der Waals surface area contributed by atoms with Gasteiger partial charge in [-0.05, 0) is 29.7 Å². The van der Waals surface area contributed by atoms with Gasteiger partial charge in [-0.1, -0.05) is 43.1 Å². The van der Waals surface area contributed by atoms with E-state index in [1.165, 1.54) is 16.4 Å². The van der Waals surface area contributed by atoms with E-state index in [1.807, 2.05) is 12.1 Å². The van der Waals surface area contributed by atoms with Crippen molar-refractivity contribution < 1.29 is 0 Å². The lowest BCUT2D eigenvalue weighted by Gasteiger charge is -2.04. The molecule has 0 fully saturated rings. The number of hydrogen-bond donors (Lipinski definition) is 1. The first-order chi connectivity index (χ1) is 8.56. The summed E-state index contributed by atoms with van der Waals surface area (Å²) in [5, 5.41) is 4.50. The molecule has 1 aromatic carbocycles. The Kier molecular flexibility index (Phi) is 4.62. The Balaban J connectivity index is 2.16. The number of nitrogens with one attached hydrogen (secondary N) is 1. The Bertz CT molecular complexity index is 538. The summed E-state index contributed by atoms with van der Waals surface area (Å²) in [4.78, 5) is 1.21. The molecular weight excluding hydrogens is 287 g/mol. The number of halogens is 2. The van der Waals surface area contributed by atoms with Gasteiger partial charge in [0.2, 0.25) is 0 Å². The molecule has 1 heterocycles. The molecule has 0 aliphatic heterocycles. The lowest BCUT2D eigenvalue weighted by molar-refractivity contribution is 0.593. The fraction of sp³-hybridized carbons (Fsp3) is 0.308. The molecule has 0 unspecified atom stereocenters. The number of hydrogen-bond acceptors (Lipinski definition) is 3. The second-order valence-electron chi connectivity index (χ2n) is 4.34. The molecule has 0 bridgehead atoms. The molecule has 0 amide bonds. The number of nitrogens with zero attached hydrogens (tertiary/aromatic N) is 1. The zero-order chi connectivity index (χ0) is 13.1. The third-order valence-corrected chi connectivity index (χ3v) is 3.98. The van der Waals surface area contributed by atoms with Crippen LogP contribution in [0, 0.1) is 0 Å². The number of rotatable bonds is 4. The van der Waals surface area contributed by atoms with Gasteiger partial charge in [-0.2, -0.15) is 4.37 Å². The minimum absolute atomic E-state index is 0.473. The van der Waals surface area contributed by atoms with E-state index in [0.717, 1.165) is 17.8 Å². The molecule has 2 rings (SSSR count). The molecule has 0 aliphatic carbocycles. The molecule has 0 radical (unpaired) electrons. The summed E-state index contributed by atoms with van der Waals surface area (Å²) in [5.74, 6) is 0. The maximum Gasteiger partial charge on any atom is 0.0844 e. The average molecular weight is 301 g/mol. The highest BCUT2D eigenvalue weighted by Crippen LogP contribution is 2.29. The van der Waals surface area contributed by atoms with E-state index in [0.29, 0.717) is 16.1 Å². The van der Waals surface area contributed by atoms with E-state index in [2.05, 4.69) is 29.6 Å². The van der Waals surface area contributed by atoms with Crippen LogP contribution in [0.15, 0.2) is 24.3 Å². The molecule has 0 saturated carbocycles. The molecule has 18 heavy (non-hydrogen) atoms. The molecule has 1 N–H and O–H groups in total. The summed E-state index contributed by atoms with van der Waals surface area (Å²) in [7, 11) is 0. The Morgan fingerprint density at radius 3 is 2.67 bits per heavy atom. The van der Waals surface area contributed by atoms with Crippen LogP contribution in [-0.2, 0) is 6.54 Å². The lowest BCUT2D eigenvalue weighted by atomic mass is 10.1. The zero-order valence-electron chi connectivity index (χ0n) is 10.2. The van der Waals surface area contributed by atoms with Gasteiger partial charge in [-0.3, -0.25) is 0 Å². The monoisotopic (exact) mass is 300 g/mol. The second-order valence-corrected chi connectivity index (χ2v) is 6.05. The van der Waals surface area contributed by atoms with Crippen LogP contribution in [0.25, 0.3) is 11.3 Å². The van der Waals surface area contributed by atoms with E-state index < -0.39 is 0 Å². The predicted molar refractivity (Wildman–Crippen MR) is 79.5 cm³/mol. The van der Waals surface area contributed by atoms with Crippen LogP contribution >= 0.6 is 34.7 Å². The highest BCUT2D eigenvalue weighted by molar-refractivity contribution is 7.06. The molecule has 0 aliphatic rings. The maximum absolute atomic E-state index is 6.00. The summed E-state index contributed by atoms with van der Waals surface area (Å²) >= 11 is 13.4. The normalized spacial score (nSPS) is 11.2. The van der Waals surface area contributed by atoms with E-state index in [4.69, 9.17) is 23.2 Å². The minimum atomic E-state index is 0.473. The summed E-state index contributed by atoms with van der Waals surface area (Å²) in [5.41, 5.74) is 1.94. The van der Waals surface area contributed by atoms with Crippen molar-refractivity contribution in [2.75, 3.05) is 0 Å². The van der Waals surface area contributed by atoms with Crippen LogP contribution in [0.1, 0.15) is 18.7 Å². The van der Waals surface area contributed by atoms with E-state index in [9.17, 15) is 0 Å². The third-order valence-electron chi connectivity index (χ3n) is 2.46. The van der Waals surface area contributed by atoms with Crippen molar-refractivity contribution in [1.29, 1.82) is 0 Å². The van der Waals surface area contributed by atoms with Crippen molar-refractivity contribution >= 4 is 34.7 Å². The van der Waals surface area contributed by atoms with Crippen molar-refractivity contribution in [3.05, 3.63) is 39.2 Å². The summed E-state index contributed by atoms with van der Waals surface area (Å²) < 4.78 is 4.44. The minimum Gasteiger partial charge on any atom is -0.310 e. The van der Waals surface area contributed by atoms with Gasteiger partial charge in [0.15, 0.2) is 0 Å². The third kappa shape index (κ3) is 3.45. The summed E-state index contributed by atoms with van der Waals surface area (Å²) in [6, 6.07) is 8.13. The van der Waals surface area contributed by atoms with Crippen LogP contribution in [0.2, 0.25) is 10.0 Å². The number of aromatic nitrogens is 1. The van der Waals surface area contributed by atoms with Crippen LogP contribution in [0.5, 0.6) is 0 Å². The largest absolute Gasteiger partial charge is 0.310 e. The SMILES string of the molecule is CC(C)NCc1cc(-c2ccc(Cl)c(Cl)c2)ns1. The van der Waals surface area contributed by atoms with E-state index >= 15 is 0 Å². The van der Waals surface area contributed by atoms with Gasteiger partial charge in [0.1, 0.15) is 0 Å². The fourth-order valence-corrected chi connectivity index (χ4v) is 2.48. The van der Waals surface area contributed by atoms with E-state index in [1.54, 1.807) is 6.07 Å². The average Bonchev–Trinajstić information content (AvgIpc) is 2.79. The van der Waals surface area contributed by atoms with Crippen molar-refractivity contribution in [3.63, 3.8) is 0 Å². The van der Waals surface area contributed by atoms with Gasteiger partial charge in [-0.15, -0.1) is 0 Å². The fourth-order valence-electron chi connectivity index (χ4n) is 1.49. The highest BCUT2D eigenvalue weighted by atomic mass is 35.5. The van der Waals surface area contributed by atoms with Crippen LogP contribution < -0.4 is 5.32 Å². The Morgan fingerprint density at radius 2 is 2.00 bits per heavy atom. The standard InChI is InChI=1S/C13H14Cl2N2S/c1-8(2)16-7-10-6-13(17-18-10)9-3-4-11(14)12(15)5-9/h3-6,8,16H,7H2,1-2H3. The summed E-state index contributed by atoms with van der Waals surface area (Å²) in [6.45, 7) is 5.10. The Labute approximate surface area is 121 Å². The zero-order valence-corrected chi connectivity index (χ0v) is 12.5. The maximum atomic E-state index is 6.00. The van der Waals surface area contributed by atoms with Crippen molar-refractivity contribution in [3.8, 4) is 11.3 Å². The molecule has 5 heteroatoms. The highest BCUT2D eigenvalue weighted by Gasteiger charge is 2.07. The molecule has 2 nitrogen and oxygen atoms in total. The Hall–Kier alpha value is -0.610. The topological polar surface area (TPSA) is 24.9 Å². The molecule has 1 aromatic heterocycles. The van der Waals surface area contributed by atoms with Crippen molar-refractivity contribution in [1.82, 2.24) is 9.69 Å². The lowest BCUT2D eigenvalue weighted by Crippen LogP contribution is -2.21. The van der Waals surface area contributed by atoms with Crippen LogP contribution in [0.3, 0.4) is 0 Å². The van der Waals surface area contributed by atoms with Crippen molar-refractivity contribution in [2.24, 2.45) is 0 Å². The first kappa shape index (κ1) is 13.8. The van der Waals surface area contributed by atoms with Gasteiger partial charge in [0, 0.05) is 23.0 Å². The summed E-state index contributed by atoms with van der Waals surface area (Å²) in [6.07, 6.45) is 0. The smallest absolute Gasteiger partial charge is 0.0844 e. The molecule has 2 aromatic rings. The van der Waals surface area contributed by atoms with Gasteiger partial charge >= 0.3 is 0 Å². The van der Waals surface area contributed by atoms with E-state index in [-0.39, 0.29) is 0 Å². The van der Waals surface area contributed by atoms with Gasteiger partial charge in [0.05, 0.1) is 15.7 Å². The predicted octanol–water partition coefficient (Wildman–Crippen LogP) is 4.61. The first-order valence-electron chi connectivity index (χ1n) is 5.70. The Morgan fingerprint density at radius 1 is 1.22 bits per heavy atom. The van der Waals surface area contributed by atoms with Gasteiger partial charge < -0.3 is 5.32 Å². The molecule has 0 saturated heterocycles. The molecule has 0 atom stereocenters. The van der Waals surface area contributed by atoms with Gasteiger partial charge in [0.25, 0.3) is 0 Å². The second kappa shape index (κ2) is 6.02. The number of benzene rings is 1. The first-order valence-corrected chi connectivity index (χ1v) is 7.23. The quantitative estimate of drug-likeness (QED) is 0.891.